The van der Waals surface area contributed by atoms with E-state index in [-0.39, 0.29) is 11.7 Å². The highest BCUT2D eigenvalue weighted by Gasteiger charge is 2.21. The molecule has 25 heavy (non-hydrogen) atoms. The number of thiocarbonyl (C=S) groups is 1. The van der Waals surface area contributed by atoms with Crippen molar-refractivity contribution in [1.29, 1.82) is 0 Å². The number of rotatable bonds is 5. The van der Waals surface area contributed by atoms with Gasteiger partial charge in [-0.3, -0.25) is 4.79 Å². The number of ether oxygens (including phenoxy) is 2. The van der Waals surface area contributed by atoms with Crippen molar-refractivity contribution in [3.63, 3.8) is 0 Å². The molecule has 0 radical (unpaired) electrons. The van der Waals surface area contributed by atoms with Gasteiger partial charge < -0.3 is 24.7 Å². The Bertz CT molecular complexity index is 815. The van der Waals surface area contributed by atoms with Crippen molar-refractivity contribution in [1.82, 2.24) is 15.2 Å². The van der Waals surface area contributed by atoms with Crippen LogP contribution in [0.1, 0.15) is 18.4 Å². The molecule has 2 heterocycles. The largest absolute Gasteiger partial charge is 0.497 e. The number of methoxy groups -OCH3 is 1. The molecule has 134 valence electrons. The highest BCUT2D eigenvalue weighted by Crippen LogP contribution is 2.20. The fourth-order valence-corrected chi connectivity index (χ4v) is 3.23. The van der Waals surface area contributed by atoms with Crippen LogP contribution in [0.15, 0.2) is 29.1 Å². The van der Waals surface area contributed by atoms with Crippen molar-refractivity contribution in [2.75, 3.05) is 27.3 Å². The SMILES string of the molecule is CNC(=S)N(Cc1cc2cc(OC)ccc2[nH]c1=O)CC1CCCO1. The van der Waals surface area contributed by atoms with Crippen LogP contribution in [0, 0.1) is 0 Å². The number of benzene rings is 1. The molecule has 0 saturated carbocycles. The number of hydrogen-bond acceptors (Lipinski definition) is 4. The van der Waals surface area contributed by atoms with Gasteiger partial charge in [0.25, 0.3) is 5.56 Å². The maximum atomic E-state index is 12.5. The molecular formula is C18H23N3O3S. The molecular weight excluding hydrogens is 338 g/mol. The van der Waals surface area contributed by atoms with E-state index in [9.17, 15) is 4.79 Å². The topological polar surface area (TPSA) is 66.6 Å². The third-order valence-electron chi connectivity index (χ3n) is 4.44. The number of nitrogens with zero attached hydrogens (tertiary/aromatic N) is 1. The highest BCUT2D eigenvalue weighted by atomic mass is 32.1. The van der Waals surface area contributed by atoms with Gasteiger partial charge in [-0.05, 0) is 49.3 Å². The van der Waals surface area contributed by atoms with Crippen LogP contribution >= 0.6 is 12.2 Å². The first-order valence-corrected chi connectivity index (χ1v) is 8.79. The second-order valence-corrected chi connectivity index (χ2v) is 6.53. The van der Waals surface area contributed by atoms with Gasteiger partial charge in [-0.15, -0.1) is 0 Å². The number of H-pyrrole nitrogens is 1. The lowest BCUT2D eigenvalue weighted by molar-refractivity contribution is 0.0898. The van der Waals surface area contributed by atoms with Crippen molar-refractivity contribution in [2.45, 2.75) is 25.5 Å². The van der Waals surface area contributed by atoms with Gasteiger partial charge in [0.1, 0.15) is 5.75 Å². The number of nitrogens with one attached hydrogen (secondary N) is 2. The van der Waals surface area contributed by atoms with E-state index in [2.05, 4.69) is 10.3 Å². The van der Waals surface area contributed by atoms with Gasteiger partial charge in [-0.2, -0.15) is 0 Å². The van der Waals surface area contributed by atoms with Crippen LogP contribution in [-0.2, 0) is 11.3 Å². The van der Waals surface area contributed by atoms with Gasteiger partial charge in [-0.1, -0.05) is 0 Å². The average Bonchev–Trinajstić information content (AvgIpc) is 3.13. The standard InChI is InChI=1S/C18H23N3O3S/c1-19-18(25)21(11-15-4-3-7-24-15)10-13-8-12-9-14(23-2)5-6-16(12)20-17(13)22/h5-6,8-9,15H,3-4,7,10-11H2,1-2H3,(H,19,25)(H,20,22). The number of aromatic amines is 1. The first-order valence-electron chi connectivity index (χ1n) is 8.39. The van der Waals surface area contributed by atoms with E-state index < -0.39 is 0 Å². The summed E-state index contributed by atoms with van der Waals surface area (Å²) in [6.07, 6.45) is 2.25. The molecule has 2 N–H and O–H groups in total. The van der Waals surface area contributed by atoms with Gasteiger partial charge in [0, 0.05) is 36.7 Å². The lowest BCUT2D eigenvalue weighted by atomic mass is 10.1. The molecule has 1 aliphatic rings. The summed E-state index contributed by atoms with van der Waals surface area (Å²) in [5.74, 6) is 0.757. The van der Waals surface area contributed by atoms with Gasteiger partial charge in [0.15, 0.2) is 5.11 Å². The number of hydrogen-bond donors (Lipinski definition) is 2. The van der Waals surface area contributed by atoms with E-state index in [0.29, 0.717) is 23.8 Å². The normalized spacial score (nSPS) is 16.8. The van der Waals surface area contributed by atoms with Crippen LogP contribution in [-0.4, -0.2) is 48.4 Å². The lowest BCUT2D eigenvalue weighted by Crippen LogP contribution is -2.42. The zero-order chi connectivity index (χ0) is 17.8. The van der Waals surface area contributed by atoms with Crippen molar-refractivity contribution in [3.05, 3.63) is 40.2 Å². The zero-order valence-corrected chi connectivity index (χ0v) is 15.3. The maximum absolute atomic E-state index is 12.5. The van der Waals surface area contributed by atoms with E-state index >= 15 is 0 Å². The monoisotopic (exact) mass is 361 g/mol. The minimum atomic E-state index is -0.103. The van der Waals surface area contributed by atoms with E-state index in [1.165, 1.54) is 0 Å². The quantitative estimate of drug-likeness (QED) is 0.795. The van der Waals surface area contributed by atoms with Gasteiger partial charge in [0.2, 0.25) is 0 Å². The molecule has 1 aromatic carbocycles. The molecule has 1 aliphatic heterocycles. The molecule has 1 unspecified atom stereocenters. The van der Waals surface area contributed by atoms with Gasteiger partial charge in [-0.25, -0.2) is 0 Å². The van der Waals surface area contributed by atoms with Crippen LogP contribution in [0.3, 0.4) is 0 Å². The Balaban J connectivity index is 1.88. The predicted molar refractivity (Wildman–Crippen MR) is 102 cm³/mol. The van der Waals surface area contributed by atoms with Crippen molar-refractivity contribution in [3.8, 4) is 5.75 Å². The average molecular weight is 361 g/mol. The Morgan fingerprint density at radius 1 is 1.48 bits per heavy atom. The first-order chi connectivity index (χ1) is 12.1. The van der Waals surface area contributed by atoms with Crippen LogP contribution in [0.5, 0.6) is 5.75 Å². The zero-order valence-electron chi connectivity index (χ0n) is 14.5. The minimum Gasteiger partial charge on any atom is -0.497 e. The fraction of sp³-hybridized carbons (Fsp3) is 0.444. The number of aromatic nitrogens is 1. The Labute approximate surface area is 152 Å². The molecule has 7 heteroatoms. The van der Waals surface area contributed by atoms with Crippen LogP contribution in [0.4, 0.5) is 0 Å². The molecule has 2 aromatic rings. The fourth-order valence-electron chi connectivity index (χ4n) is 3.09. The molecule has 6 nitrogen and oxygen atoms in total. The molecule has 0 aliphatic carbocycles. The molecule has 0 bridgehead atoms. The third kappa shape index (κ3) is 4.11. The number of pyridine rings is 1. The summed E-state index contributed by atoms with van der Waals surface area (Å²) < 4.78 is 11.0. The third-order valence-corrected chi connectivity index (χ3v) is 4.90. The van der Waals surface area contributed by atoms with E-state index in [1.54, 1.807) is 14.2 Å². The molecule has 0 spiro atoms. The van der Waals surface area contributed by atoms with Crippen LogP contribution in [0.2, 0.25) is 0 Å². The lowest BCUT2D eigenvalue weighted by Gasteiger charge is -2.27. The van der Waals surface area contributed by atoms with E-state index in [1.807, 2.05) is 29.2 Å². The highest BCUT2D eigenvalue weighted by molar-refractivity contribution is 7.80. The summed E-state index contributed by atoms with van der Waals surface area (Å²) in [5, 5.41) is 4.55. The summed E-state index contributed by atoms with van der Waals surface area (Å²) >= 11 is 5.42. The van der Waals surface area contributed by atoms with Gasteiger partial charge >= 0.3 is 0 Å². The number of fused-ring (bicyclic) bond motifs is 1. The van der Waals surface area contributed by atoms with Crippen LogP contribution in [0.25, 0.3) is 10.9 Å². The molecule has 1 fully saturated rings. The van der Waals surface area contributed by atoms with Crippen LogP contribution < -0.4 is 15.6 Å². The second kappa shape index (κ2) is 7.84. The summed E-state index contributed by atoms with van der Waals surface area (Å²) in [6.45, 7) is 1.90. The summed E-state index contributed by atoms with van der Waals surface area (Å²) in [5.41, 5.74) is 1.35. The van der Waals surface area contributed by atoms with Crippen molar-refractivity contribution < 1.29 is 9.47 Å². The molecule has 1 saturated heterocycles. The van der Waals surface area contributed by atoms with Crippen molar-refractivity contribution in [2.24, 2.45) is 0 Å². The molecule has 1 atom stereocenters. The minimum absolute atomic E-state index is 0.103. The van der Waals surface area contributed by atoms with Crippen molar-refractivity contribution >= 4 is 28.2 Å². The Hall–Kier alpha value is -2.12. The Kier molecular flexibility index (Phi) is 5.55. The van der Waals surface area contributed by atoms with E-state index in [4.69, 9.17) is 21.7 Å². The van der Waals surface area contributed by atoms with Gasteiger partial charge in [0.05, 0.1) is 19.8 Å². The first kappa shape index (κ1) is 17.7. The maximum Gasteiger partial charge on any atom is 0.253 e. The second-order valence-electron chi connectivity index (χ2n) is 6.15. The molecule has 1 aromatic heterocycles. The molecule has 0 amide bonds. The summed E-state index contributed by atoms with van der Waals surface area (Å²) in [4.78, 5) is 17.4. The summed E-state index contributed by atoms with van der Waals surface area (Å²) in [6, 6.07) is 7.49. The smallest absolute Gasteiger partial charge is 0.253 e. The predicted octanol–water partition coefficient (Wildman–Crippen LogP) is 2.02. The Morgan fingerprint density at radius 2 is 2.32 bits per heavy atom. The molecule has 3 rings (SSSR count). The summed E-state index contributed by atoms with van der Waals surface area (Å²) in [7, 11) is 3.42. The Morgan fingerprint density at radius 3 is 3.00 bits per heavy atom. The van der Waals surface area contributed by atoms with E-state index in [0.717, 1.165) is 36.1 Å².